The number of aryl methyl sites for hydroxylation is 2. The highest BCUT2D eigenvalue weighted by Gasteiger charge is 2.18. The molecule has 0 saturated heterocycles. The van der Waals surface area contributed by atoms with Crippen LogP contribution in [0.3, 0.4) is 0 Å². The van der Waals surface area contributed by atoms with Crippen LogP contribution in [0.2, 0.25) is 5.02 Å². The highest BCUT2D eigenvalue weighted by molar-refractivity contribution is 7.99. The van der Waals surface area contributed by atoms with E-state index in [2.05, 4.69) is 16.9 Å². The standard InChI is InChI=1S/C18H18ClN3O2S2/c1-3-12-14(10-4-5-11(19)9(2)8-10)15-16(24)21-18(22-17(15)26-12)25-7-6-13(20)23/h4-5,8H,3,6-7H2,1-2H3,(H2,20,23)(H,21,22,24). The number of rotatable bonds is 6. The summed E-state index contributed by atoms with van der Waals surface area (Å²) < 4.78 is 0. The van der Waals surface area contributed by atoms with Gasteiger partial charge in [-0.3, -0.25) is 9.59 Å². The summed E-state index contributed by atoms with van der Waals surface area (Å²) in [5.41, 5.74) is 7.84. The van der Waals surface area contributed by atoms with Gasteiger partial charge in [-0.05, 0) is 36.6 Å². The van der Waals surface area contributed by atoms with E-state index in [4.69, 9.17) is 17.3 Å². The predicted octanol–water partition coefficient (Wildman–Crippen LogP) is 4.14. The first-order chi connectivity index (χ1) is 12.4. The van der Waals surface area contributed by atoms with Crippen molar-refractivity contribution in [3.05, 3.63) is 44.0 Å². The van der Waals surface area contributed by atoms with Crippen LogP contribution in [0.1, 0.15) is 23.8 Å². The first-order valence-corrected chi connectivity index (χ1v) is 10.3. The monoisotopic (exact) mass is 407 g/mol. The molecule has 0 aliphatic rings. The number of thiophene rings is 1. The van der Waals surface area contributed by atoms with E-state index in [0.717, 1.165) is 28.0 Å². The Bertz CT molecular complexity index is 1040. The van der Waals surface area contributed by atoms with Gasteiger partial charge >= 0.3 is 0 Å². The lowest BCUT2D eigenvalue weighted by Gasteiger charge is -2.06. The number of nitrogens with one attached hydrogen (secondary N) is 1. The molecule has 8 heteroatoms. The molecule has 0 aliphatic heterocycles. The van der Waals surface area contributed by atoms with Crippen LogP contribution in [0.4, 0.5) is 0 Å². The van der Waals surface area contributed by atoms with Crippen LogP contribution in [0, 0.1) is 6.92 Å². The minimum Gasteiger partial charge on any atom is -0.370 e. The lowest BCUT2D eigenvalue weighted by atomic mass is 10.0. The number of halogens is 1. The average Bonchev–Trinajstić information content (AvgIpc) is 2.96. The Kier molecular flexibility index (Phi) is 5.70. The van der Waals surface area contributed by atoms with Gasteiger partial charge < -0.3 is 10.7 Å². The molecule has 5 nitrogen and oxygen atoms in total. The molecule has 0 saturated carbocycles. The fraction of sp³-hybridized carbons (Fsp3) is 0.278. The van der Waals surface area contributed by atoms with Crippen molar-refractivity contribution in [1.82, 2.24) is 9.97 Å². The maximum absolute atomic E-state index is 12.8. The van der Waals surface area contributed by atoms with Crippen LogP contribution < -0.4 is 11.3 Å². The zero-order valence-corrected chi connectivity index (χ0v) is 16.8. The van der Waals surface area contributed by atoms with Crippen LogP contribution >= 0.6 is 34.7 Å². The van der Waals surface area contributed by atoms with Crippen LogP contribution in [0.25, 0.3) is 21.3 Å². The summed E-state index contributed by atoms with van der Waals surface area (Å²) in [5.74, 6) is 0.115. The summed E-state index contributed by atoms with van der Waals surface area (Å²) in [6, 6.07) is 5.79. The van der Waals surface area contributed by atoms with Crippen LogP contribution in [0.15, 0.2) is 28.2 Å². The second-order valence-corrected chi connectivity index (χ2v) is 8.41. The van der Waals surface area contributed by atoms with Crippen molar-refractivity contribution in [2.45, 2.75) is 31.8 Å². The SMILES string of the molecule is CCc1sc2nc(SCCC(N)=O)[nH]c(=O)c2c1-c1ccc(Cl)c(C)c1. The van der Waals surface area contributed by atoms with Gasteiger partial charge in [-0.15, -0.1) is 11.3 Å². The maximum atomic E-state index is 12.8. The van der Waals surface area contributed by atoms with Crippen LogP contribution in [-0.4, -0.2) is 21.6 Å². The lowest BCUT2D eigenvalue weighted by molar-refractivity contribution is -0.117. The molecule has 0 spiro atoms. The first-order valence-electron chi connectivity index (χ1n) is 8.14. The Morgan fingerprint density at radius 2 is 2.19 bits per heavy atom. The Balaban J connectivity index is 2.10. The fourth-order valence-electron chi connectivity index (χ4n) is 2.71. The third-order valence-electron chi connectivity index (χ3n) is 3.97. The molecule has 1 amide bonds. The minimum absolute atomic E-state index is 0.171. The Hall–Kier alpha value is -1.83. The summed E-state index contributed by atoms with van der Waals surface area (Å²) in [7, 11) is 0. The second kappa shape index (κ2) is 7.82. The molecule has 3 rings (SSSR count). The second-order valence-electron chi connectivity index (χ2n) is 5.83. The molecule has 3 aromatic rings. The van der Waals surface area contributed by atoms with Gasteiger partial charge in [-0.2, -0.15) is 0 Å². The number of nitrogens with zero attached hydrogens (tertiary/aromatic N) is 1. The van der Waals surface area contributed by atoms with Gasteiger partial charge in [-0.25, -0.2) is 4.98 Å². The summed E-state index contributed by atoms with van der Waals surface area (Å²) in [6.45, 7) is 4.01. The molecule has 0 bridgehead atoms. The van der Waals surface area contributed by atoms with Crippen molar-refractivity contribution in [1.29, 1.82) is 0 Å². The molecule has 0 unspecified atom stereocenters. The van der Waals surface area contributed by atoms with Gasteiger partial charge in [0.05, 0.1) is 5.39 Å². The van der Waals surface area contributed by atoms with E-state index < -0.39 is 0 Å². The van der Waals surface area contributed by atoms with Gasteiger partial charge in [0.25, 0.3) is 5.56 Å². The van der Waals surface area contributed by atoms with Gasteiger partial charge in [-0.1, -0.05) is 36.4 Å². The largest absolute Gasteiger partial charge is 0.370 e. The highest BCUT2D eigenvalue weighted by Crippen LogP contribution is 2.38. The van der Waals surface area contributed by atoms with Gasteiger partial charge in [0.15, 0.2) is 5.16 Å². The van der Waals surface area contributed by atoms with E-state index in [-0.39, 0.29) is 17.9 Å². The molecule has 0 aliphatic carbocycles. The zero-order valence-electron chi connectivity index (χ0n) is 14.4. The summed E-state index contributed by atoms with van der Waals surface area (Å²) in [6.07, 6.45) is 1.05. The van der Waals surface area contributed by atoms with Crippen molar-refractivity contribution in [3.8, 4) is 11.1 Å². The normalized spacial score (nSPS) is 11.2. The molecule has 136 valence electrons. The van der Waals surface area contributed by atoms with Crippen molar-refractivity contribution in [3.63, 3.8) is 0 Å². The fourth-order valence-corrected chi connectivity index (χ4v) is 4.83. The van der Waals surface area contributed by atoms with E-state index in [1.54, 1.807) is 0 Å². The van der Waals surface area contributed by atoms with Gasteiger partial charge in [0, 0.05) is 27.6 Å². The number of carbonyl (C=O) groups excluding carboxylic acids is 1. The van der Waals surface area contributed by atoms with Crippen LogP contribution in [-0.2, 0) is 11.2 Å². The Labute approximate surface area is 164 Å². The topological polar surface area (TPSA) is 88.8 Å². The third kappa shape index (κ3) is 3.79. The minimum atomic E-state index is -0.370. The van der Waals surface area contributed by atoms with E-state index >= 15 is 0 Å². The molecule has 26 heavy (non-hydrogen) atoms. The van der Waals surface area contributed by atoms with Gasteiger partial charge in [0.1, 0.15) is 4.83 Å². The average molecular weight is 408 g/mol. The summed E-state index contributed by atoms with van der Waals surface area (Å²) >= 11 is 8.99. The number of fused-ring (bicyclic) bond motifs is 1. The first kappa shape index (κ1) is 18.9. The maximum Gasteiger partial charge on any atom is 0.260 e. The van der Waals surface area contributed by atoms with E-state index in [1.165, 1.54) is 23.1 Å². The molecule has 0 fully saturated rings. The number of hydrogen-bond acceptors (Lipinski definition) is 5. The van der Waals surface area contributed by atoms with E-state index in [1.807, 2.05) is 25.1 Å². The third-order valence-corrected chi connectivity index (χ3v) is 6.50. The zero-order chi connectivity index (χ0) is 18.8. The number of aromatic nitrogens is 2. The number of primary amides is 1. The predicted molar refractivity (Wildman–Crippen MR) is 109 cm³/mol. The summed E-state index contributed by atoms with van der Waals surface area (Å²) in [4.78, 5) is 32.8. The number of amides is 1. The van der Waals surface area contributed by atoms with Crippen LogP contribution in [0.5, 0.6) is 0 Å². The number of carbonyl (C=O) groups is 1. The number of hydrogen-bond donors (Lipinski definition) is 2. The molecular weight excluding hydrogens is 390 g/mol. The summed E-state index contributed by atoms with van der Waals surface area (Å²) in [5, 5.41) is 1.81. The van der Waals surface area contributed by atoms with Crippen molar-refractivity contribution < 1.29 is 4.79 Å². The van der Waals surface area contributed by atoms with E-state index in [9.17, 15) is 9.59 Å². The van der Waals surface area contributed by atoms with Gasteiger partial charge in [0.2, 0.25) is 5.91 Å². The van der Waals surface area contributed by atoms with Crippen molar-refractivity contribution >= 4 is 50.8 Å². The quantitative estimate of drug-likeness (QED) is 0.474. The number of benzene rings is 1. The Morgan fingerprint density at radius 3 is 2.85 bits per heavy atom. The molecule has 1 aromatic carbocycles. The molecular formula is C18H18ClN3O2S2. The number of aromatic amines is 1. The van der Waals surface area contributed by atoms with Crippen molar-refractivity contribution in [2.24, 2.45) is 5.73 Å². The molecule has 0 radical (unpaired) electrons. The number of thioether (sulfide) groups is 1. The number of nitrogens with two attached hydrogens (primary N) is 1. The number of H-pyrrole nitrogens is 1. The molecule has 2 aromatic heterocycles. The van der Waals surface area contributed by atoms with Crippen molar-refractivity contribution in [2.75, 3.05) is 5.75 Å². The molecule has 3 N–H and O–H groups in total. The lowest BCUT2D eigenvalue weighted by Crippen LogP contribution is -2.12. The molecule has 0 atom stereocenters. The molecule has 2 heterocycles. The highest BCUT2D eigenvalue weighted by atomic mass is 35.5. The Morgan fingerprint density at radius 1 is 1.42 bits per heavy atom. The van der Waals surface area contributed by atoms with E-state index in [0.29, 0.717) is 26.1 Å². The smallest absolute Gasteiger partial charge is 0.260 e.